The molecule has 102 valence electrons. The molecule has 1 aromatic rings. The zero-order valence-corrected chi connectivity index (χ0v) is 11.2. The van der Waals surface area contributed by atoms with Gasteiger partial charge >= 0.3 is 5.97 Å². The molecule has 6 nitrogen and oxygen atoms in total. The minimum absolute atomic E-state index is 0.0434. The van der Waals surface area contributed by atoms with Crippen molar-refractivity contribution in [2.45, 2.75) is 31.2 Å². The Morgan fingerprint density at radius 3 is 2.79 bits per heavy atom. The lowest BCUT2D eigenvalue weighted by Gasteiger charge is -2.26. The summed E-state index contributed by atoms with van der Waals surface area (Å²) in [5.74, 6) is -0.304. The first-order chi connectivity index (χ1) is 9.09. The molecule has 2 fully saturated rings. The number of carboxylic acids is 1. The standard InChI is InChI=1S/C12H14N2O4S/c1-6-4-13-18-9(6)10(15)14-8(12(16)17)5-19-11(14)7-2-3-7/h4,7-8,11H,2-3,5H2,1H3,(H,16,17). The molecule has 1 aromatic heterocycles. The first-order valence-corrected chi connectivity index (χ1v) is 7.23. The summed E-state index contributed by atoms with van der Waals surface area (Å²) in [5, 5.41) is 12.8. The Morgan fingerprint density at radius 1 is 1.53 bits per heavy atom. The van der Waals surface area contributed by atoms with E-state index in [-0.39, 0.29) is 17.0 Å². The number of aryl methyl sites for hydroxylation is 1. The Labute approximate surface area is 114 Å². The van der Waals surface area contributed by atoms with Crippen molar-refractivity contribution >= 4 is 23.6 Å². The minimum Gasteiger partial charge on any atom is -0.480 e. The summed E-state index contributed by atoms with van der Waals surface area (Å²) in [7, 11) is 0. The number of rotatable bonds is 3. The van der Waals surface area contributed by atoms with Gasteiger partial charge in [0.1, 0.15) is 6.04 Å². The smallest absolute Gasteiger partial charge is 0.327 e. The number of thioether (sulfide) groups is 1. The Morgan fingerprint density at radius 2 is 2.26 bits per heavy atom. The molecule has 1 aliphatic heterocycles. The van der Waals surface area contributed by atoms with Gasteiger partial charge in [-0.25, -0.2) is 4.79 Å². The fourth-order valence-corrected chi connectivity index (χ4v) is 3.96. The first kappa shape index (κ1) is 12.5. The molecular formula is C12H14N2O4S. The summed E-state index contributed by atoms with van der Waals surface area (Å²) in [5.41, 5.74) is 0.639. The van der Waals surface area contributed by atoms with E-state index in [2.05, 4.69) is 5.16 Å². The molecule has 2 aliphatic rings. The average molecular weight is 282 g/mol. The molecule has 1 amide bonds. The van der Waals surface area contributed by atoms with Gasteiger partial charge in [0, 0.05) is 11.3 Å². The second-order valence-corrected chi connectivity index (χ2v) is 6.12. The molecule has 1 N–H and O–H groups in total. The molecule has 0 bridgehead atoms. The van der Waals surface area contributed by atoms with Crippen LogP contribution in [0.15, 0.2) is 10.7 Å². The molecular weight excluding hydrogens is 268 g/mol. The average Bonchev–Trinajstić information content (AvgIpc) is 2.97. The van der Waals surface area contributed by atoms with Crippen molar-refractivity contribution in [2.24, 2.45) is 5.92 Å². The number of aliphatic carboxylic acids is 1. The molecule has 19 heavy (non-hydrogen) atoms. The molecule has 1 saturated heterocycles. The Balaban J connectivity index is 1.91. The number of hydrogen-bond donors (Lipinski definition) is 1. The van der Waals surface area contributed by atoms with Crippen LogP contribution in [0.25, 0.3) is 0 Å². The van der Waals surface area contributed by atoms with Crippen LogP contribution in [-0.2, 0) is 4.79 Å². The zero-order chi connectivity index (χ0) is 13.6. The van der Waals surface area contributed by atoms with Gasteiger partial charge in [-0.15, -0.1) is 11.8 Å². The Kier molecular flexibility index (Phi) is 3.00. The third-order valence-electron chi connectivity index (χ3n) is 3.52. The number of amides is 1. The molecule has 2 unspecified atom stereocenters. The molecule has 0 aromatic carbocycles. The summed E-state index contributed by atoms with van der Waals surface area (Å²) in [6, 6.07) is -0.771. The van der Waals surface area contributed by atoms with E-state index in [9.17, 15) is 14.7 Å². The van der Waals surface area contributed by atoms with E-state index in [0.29, 0.717) is 17.2 Å². The Bertz CT molecular complexity index is 526. The van der Waals surface area contributed by atoms with Crippen molar-refractivity contribution in [3.05, 3.63) is 17.5 Å². The highest BCUT2D eigenvalue weighted by Crippen LogP contribution is 2.46. The van der Waals surface area contributed by atoms with Gasteiger partial charge in [0.25, 0.3) is 5.91 Å². The minimum atomic E-state index is -0.957. The van der Waals surface area contributed by atoms with Crippen LogP contribution in [0.1, 0.15) is 29.0 Å². The largest absolute Gasteiger partial charge is 0.480 e. The van der Waals surface area contributed by atoms with E-state index in [1.165, 1.54) is 11.1 Å². The number of carboxylic acid groups (broad SMARTS) is 1. The number of aromatic nitrogens is 1. The summed E-state index contributed by atoms with van der Waals surface area (Å²) in [4.78, 5) is 25.3. The Hall–Kier alpha value is -1.50. The lowest BCUT2D eigenvalue weighted by Crippen LogP contribution is -2.46. The van der Waals surface area contributed by atoms with E-state index in [4.69, 9.17) is 4.52 Å². The van der Waals surface area contributed by atoms with Gasteiger partial charge in [-0.2, -0.15) is 0 Å². The van der Waals surface area contributed by atoms with Crippen LogP contribution in [0.4, 0.5) is 0 Å². The summed E-state index contributed by atoms with van der Waals surface area (Å²) in [6.07, 6.45) is 3.59. The first-order valence-electron chi connectivity index (χ1n) is 6.18. The molecule has 0 radical (unpaired) electrons. The number of carbonyl (C=O) groups excluding carboxylic acids is 1. The van der Waals surface area contributed by atoms with E-state index in [1.54, 1.807) is 18.7 Å². The van der Waals surface area contributed by atoms with Crippen molar-refractivity contribution in [1.82, 2.24) is 10.1 Å². The predicted octanol–water partition coefficient (Wildman–Crippen LogP) is 1.36. The van der Waals surface area contributed by atoms with Gasteiger partial charge in [0.15, 0.2) is 0 Å². The highest BCUT2D eigenvalue weighted by Gasteiger charge is 2.49. The van der Waals surface area contributed by atoms with Gasteiger partial charge in [0.05, 0.1) is 11.6 Å². The fraction of sp³-hybridized carbons (Fsp3) is 0.583. The summed E-state index contributed by atoms with van der Waals surface area (Å²) in [6.45, 7) is 1.73. The molecule has 0 spiro atoms. The second kappa shape index (κ2) is 4.56. The fourth-order valence-electron chi connectivity index (χ4n) is 2.33. The normalized spacial score (nSPS) is 26.7. The maximum Gasteiger partial charge on any atom is 0.327 e. The van der Waals surface area contributed by atoms with Crippen molar-refractivity contribution in [3.8, 4) is 0 Å². The van der Waals surface area contributed by atoms with Crippen LogP contribution in [-0.4, -0.2) is 44.2 Å². The summed E-state index contributed by atoms with van der Waals surface area (Å²) < 4.78 is 4.97. The number of hydrogen-bond acceptors (Lipinski definition) is 5. The van der Waals surface area contributed by atoms with Crippen LogP contribution in [0.2, 0.25) is 0 Å². The molecule has 2 atom stereocenters. The van der Waals surface area contributed by atoms with Crippen LogP contribution < -0.4 is 0 Å². The van der Waals surface area contributed by atoms with Gasteiger partial charge < -0.3 is 14.5 Å². The van der Waals surface area contributed by atoms with Gasteiger partial charge in [0.2, 0.25) is 5.76 Å². The topological polar surface area (TPSA) is 83.6 Å². The van der Waals surface area contributed by atoms with E-state index in [0.717, 1.165) is 12.8 Å². The van der Waals surface area contributed by atoms with Crippen LogP contribution >= 0.6 is 11.8 Å². The summed E-state index contributed by atoms with van der Waals surface area (Å²) >= 11 is 1.55. The number of nitrogens with zero attached hydrogens (tertiary/aromatic N) is 2. The van der Waals surface area contributed by atoms with Gasteiger partial charge in [-0.05, 0) is 25.7 Å². The molecule has 1 saturated carbocycles. The lowest BCUT2D eigenvalue weighted by molar-refractivity contribution is -0.141. The maximum absolute atomic E-state index is 12.5. The van der Waals surface area contributed by atoms with Crippen molar-refractivity contribution in [2.75, 3.05) is 5.75 Å². The van der Waals surface area contributed by atoms with Crippen molar-refractivity contribution in [3.63, 3.8) is 0 Å². The van der Waals surface area contributed by atoms with E-state index >= 15 is 0 Å². The van der Waals surface area contributed by atoms with Crippen molar-refractivity contribution in [1.29, 1.82) is 0 Å². The second-order valence-electron chi connectivity index (χ2n) is 4.97. The van der Waals surface area contributed by atoms with Crippen molar-refractivity contribution < 1.29 is 19.2 Å². The van der Waals surface area contributed by atoms with Crippen LogP contribution in [0.5, 0.6) is 0 Å². The quantitative estimate of drug-likeness (QED) is 0.901. The zero-order valence-electron chi connectivity index (χ0n) is 10.4. The van der Waals surface area contributed by atoms with E-state index in [1.807, 2.05) is 0 Å². The SMILES string of the molecule is Cc1cnoc1C(=O)N1C(C(=O)O)CSC1C1CC1. The third kappa shape index (κ3) is 2.11. The molecule has 3 rings (SSSR count). The maximum atomic E-state index is 12.5. The highest BCUT2D eigenvalue weighted by molar-refractivity contribution is 8.00. The van der Waals surface area contributed by atoms with Crippen LogP contribution in [0.3, 0.4) is 0 Å². The monoisotopic (exact) mass is 282 g/mol. The molecule has 2 heterocycles. The number of carbonyl (C=O) groups is 2. The van der Waals surface area contributed by atoms with E-state index < -0.39 is 12.0 Å². The molecule has 1 aliphatic carbocycles. The van der Waals surface area contributed by atoms with Gasteiger partial charge in [-0.3, -0.25) is 4.79 Å². The molecule has 7 heteroatoms. The highest BCUT2D eigenvalue weighted by atomic mass is 32.2. The van der Waals surface area contributed by atoms with Gasteiger partial charge in [-0.1, -0.05) is 5.16 Å². The lowest BCUT2D eigenvalue weighted by atomic mass is 10.2. The predicted molar refractivity (Wildman–Crippen MR) is 67.8 cm³/mol. The third-order valence-corrected chi connectivity index (χ3v) is 4.98. The van der Waals surface area contributed by atoms with Crippen LogP contribution in [0, 0.1) is 12.8 Å².